The molecule has 0 aromatic heterocycles. The Morgan fingerprint density at radius 2 is 2.05 bits per heavy atom. The van der Waals surface area contributed by atoms with Crippen LogP contribution in [-0.4, -0.2) is 34.5 Å². The predicted molar refractivity (Wildman–Crippen MR) is 72.2 cm³/mol. The number of carboxylic acid groups (broad SMARTS) is 1. The Labute approximate surface area is 116 Å². The number of nitrogens with zero attached hydrogens (tertiary/aromatic N) is 1. The summed E-state index contributed by atoms with van der Waals surface area (Å²) in [5, 5.41) is 9.54. The second kappa shape index (κ2) is 5.48. The van der Waals surface area contributed by atoms with Gasteiger partial charge in [-0.3, -0.25) is 4.79 Å². The summed E-state index contributed by atoms with van der Waals surface area (Å²) in [6, 6.07) is 3.81. The number of hydrogen-bond donors (Lipinski definition) is 2. The van der Waals surface area contributed by atoms with Crippen LogP contribution in [0.25, 0.3) is 0 Å². The fourth-order valence-corrected chi connectivity index (χ4v) is 2.58. The maximum Gasteiger partial charge on any atom is 0.326 e. The minimum atomic E-state index is -0.969. The van der Waals surface area contributed by atoms with Gasteiger partial charge in [0.1, 0.15) is 6.04 Å². The molecule has 19 heavy (non-hydrogen) atoms. The van der Waals surface area contributed by atoms with E-state index in [9.17, 15) is 9.59 Å². The molecular weight excluding hydrogens is 268 g/mol. The van der Waals surface area contributed by atoms with Gasteiger partial charge < -0.3 is 15.7 Å². The van der Waals surface area contributed by atoms with Gasteiger partial charge in [-0.25, -0.2) is 4.79 Å². The normalized spacial score (nSPS) is 19.2. The number of nitrogen functional groups attached to an aromatic ring is 1. The smallest absolute Gasteiger partial charge is 0.326 e. The maximum atomic E-state index is 12.4. The molecule has 0 spiro atoms. The highest BCUT2D eigenvalue weighted by atomic mass is 35.5. The number of amides is 1. The van der Waals surface area contributed by atoms with Gasteiger partial charge in [0.05, 0.1) is 0 Å². The van der Waals surface area contributed by atoms with Crippen LogP contribution in [0.15, 0.2) is 18.2 Å². The third kappa shape index (κ3) is 2.98. The van der Waals surface area contributed by atoms with Crippen molar-refractivity contribution in [3.05, 3.63) is 28.8 Å². The monoisotopic (exact) mass is 282 g/mol. The number of carboxylic acids is 1. The van der Waals surface area contributed by atoms with Crippen molar-refractivity contribution in [2.75, 3.05) is 12.3 Å². The van der Waals surface area contributed by atoms with E-state index in [0.717, 1.165) is 12.8 Å². The minimum absolute atomic E-state index is 0.332. The number of rotatable bonds is 2. The number of hydrogen-bond acceptors (Lipinski definition) is 3. The number of likely N-dealkylation sites (tertiary alicyclic amines) is 1. The van der Waals surface area contributed by atoms with Gasteiger partial charge in [-0.2, -0.15) is 0 Å². The molecule has 0 saturated carbocycles. The summed E-state index contributed by atoms with van der Waals surface area (Å²) in [6.07, 6.45) is 2.11. The van der Waals surface area contributed by atoms with Crippen molar-refractivity contribution < 1.29 is 14.7 Å². The van der Waals surface area contributed by atoms with Crippen LogP contribution in [0.4, 0.5) is 5.69 Å². The predicted octanol–water partition coefficient (Wildman–Crippen LogP) is 2.00. The van der Waals surface area contributed by atoms with E-state index in [1.165, 1.54) is 17.0 Å². The van der Waals surface area contributed by atoms with Crippen LogP contribution in [0.5, 0.6) is 0 Å². The number of benzene rings is 1. The molecule has 0 radical (unpaired) electrons. The third-order valence-electron chi connectivity index (χ3n) is 3.22. The second-order valence-electron chi connectivity index (χ2n) is 4.62. The van der Waals surface area contributed by atoms with Crippen LogP contribution in [0, 0.1) is 0 Å². The second-order valence-corrected chi connectivity index (χ2v) is 5.06. The highest BCUT2D eigenvalue weighted by Gasteiger charge is 2.32. The van der Waals surface area contributed by atoms with E-state index in [0.29, 0.717) is 29.2 Å². The van der Waals surface area contributed by atoms with Crippen molar-refractivity contribution in [1.29, 1.82) is 0 Å². The number of nitrogens with two attached hydrogens (primary N) is 1. The van der Waals surface area contributed by atoms with E-state index in [4.69, 9.17) is 22.4 Å². The first-order chi connectivity index (χ1) is 8.99. The molecule has 1 amide bonds. The average Bonchev–Trinajstić information content (AvgIpc) is 2.36. The van der Waals surface area contributed by atoms with Crippen LogP contribution in [0.2, 0.25) is 5.02 Å². The summed E-state index contributed by atoms with van der Waals surface area (Å²) in [5.41, 5.74) is 6.37. The number of halogens is 1. The lowest BCUT2D eigenvalue weighted by atomic mass is 10.0. The van der Waals surface area contributed by atoms with Crippen molar-refractivity contribution >= 4 is 29.2 Å². The zero-order valence-electron chi connectivity index (χ0n) is 10.3. The number of anilines is 1. The minimum Gasteiger partial charge on any atom is -0.480 e. The molecule has 1 saturated heterocycles. The van der Waals surface area contributed by atoms with Gasteiger partial charge in [-0.1, -0.05) is 11.6 Å². The van der Waals surface area contributed by atoms with Gasteiger partial charge in [-0.05, 0) is 37.5 Å². The lowest BCUT2D eigenvalue weighted by molar-refractivity contribution is -0.143. The molecular formula is C13H15ClN2O3. The molecule has 2 rings (SSSR count). The highest BCUT2D eigenvalue weighted by Crippen LogP contribution is 2.23. The third-order valence-corrected chi connectivity index (χ3v) is 3.43. The molecule has 3 N–H and O–H groups in total. The zero-order chi connectivity index (χ0) is 14.0. The molecule has 5 nitrogen and oxygen atoms in total. The fourth-order valence-electron chi connectivity index (χ4n) is 2.33. The summed E-state index contributed by atoms with van der Waals surface area (Å²) in [6.45, 7) is 0.447. The van der Waals surface area contributed by atoms with Gasteiger partial charge in [0.25, 0.3) is 5.91 Å². The Morgan fingerprint density at radius 3 is 2.68 bits per heavy atom. The Kier molecular flexibility index (Phi) is 3.95. The lowest BCUT2D eigenvalue weighted by Gasteiger charge is -2.33. The fraction of sp³-hybridized carbons (Fsp3) is 0.385. The molecule has 1 unspecified atom stereocenters. The van der Waals surface area contributed by atoms with Crippen molar-refractivity contribution in [3.8, 4) is 0 Å². The molecule has 1 aromatic rings. The number of carbonyl (C=O) groups excluding carboxylic acids is 1. The van der Waals surface area contributed by atoms with Crippen LogP contribution in [0.3, 0.4) is 0 Å². The Bertz CT molecular complexity index is 498. The molecule has 6 heteroatoms. The summed E-state index contributed by atoms with van der Waals surface area (Å²) in [5.74, 6) is -1.30. The van der Waals surface area contributed by atoms with Crippen molar-refractivity contribution in [2.24, 2.45) is 0 Å². The first-order valence-corrected chi connectivity index (χ1v) is 6.46. The van der Waals surface area contributed by atoms with Crippen molar-refractivity contribution in [2.45, 2.75) is 25.3 Å². The SMILES string of the molecule is Nc1cc(Cl)cc(C(=O)N2CCCCC2C(=O)O)c1. The largest absolute Gasteiger partial charge is 0.480 e. The van der Waals surface area contributed by atoms with Gasteiger partial charge in [0.15, 0.2) is 0 Å². The molecule has 1 fully saturated rings. The Balaban J connectivity index is 2.28. The summed E-state index contributed by atoms with van der Waals surface area (Å²) < 4.78 is 0. The van der Waals surface area contributed by atoms with Crippen LogP contribution in [-0.2, 0) is 4.79 Å². The zero-order valence-corrected chi connectivity index (χ0v) is 11.1. The number of carbonyl (C=O) groups is 2. The van der Waals surface area contributed by atoms with E-state index < -0.39 is 12.0 Å². The summed E-state index contributed by atoms with van der Waals surface area (Å²) in [4.78, 5) is 24.9. The molecule has 1 aliphatic rings. The number of piperidine rings is 1. The van der Waals surface area contributed by atoms with Crippen molar-refractivity contribution in [1.82, 2.24) is 4.90 Å². The summed E-state index contributed by atoms with van der Waals surface area (Å²) in [7, 11) is 0. The maximum absolute atomic E-state index is 12.4. The van der Waals surface area contributed by atoms with Crippen LogP contribution in [0.1, 0.15) is 29.6 Å². The molecule has 102 valence electrons. The molecule has 0 bridgehead atoms. The van der Waals surface area contributed by atoms with Crippen molar-refractivity contribution in [3.63, 3.8) is 0 Å². The average molecular weight is 283 g/mol. The molecule has 1 aromatic carbocycles. The van der Waals surface area contributed by atoms with E-state index in [2.05, 4.69) is 0 Å². The lowest BCUT2D eigenvalue weighted by Crippen LogP contribution is -2.48. The van der Waals surface area contributed by atoms with Gasteiger partial charge in [0, 0.05) is 22.8 Å². The highest BCUT2D eigenvalue weighted by molar-refractivity contribution is 6.31. The van der Waals surface area contributed by atoms with Crippen LogP contribution < -0.4 is 5.73 Å². The van der Waals surface area contributed by atoms with Gasteiger partial charge >= 0.3 is 5.97 Å². The standard InChI is InChI=1S/C13H15ClN2O3/c14-9-5-8(6-10(15)7-9)12(17)16-4-2-1-3-11(16)13(18)19/h5-7,11H,1-4,15H2,(H,18,19). The van der Waals surface area contributed by atoms with E-state index >= 15 is 0 Å². The van der Waals surface area contributed by atoms with Crippen LogP contribution >= 0.6 is 11.6 Å². The number of aliphatic carboxylic acids is 1. The topological polar surface area (TPSA) is 83.6 Å². The quantitative estimate of drug-likeness (QED) is 0.813. The molecule has 1 atom stereocenters. The first kappa shape index (κ1) is 13.7. The summed E-state index contributed by atoms with van der Waals surface area (Å²) >= 11 is 5.86. The molecule has 1 aliphatic heterocycles. The van der Waals surface area contributed by atoms with Gasteiger partial charge in [0.2, 0.25) is 0 Å². The first-order valence-electron chi connectivity index (χ1n) is 6.09. The Morgan fingerprint density at radius 1 is 1.32 bits per heavy atom. The molecule has 0 aliphatic carbocycles. The van der Waals surface area contributed by atoms with Gasteiger partial charge in [-0.15, -0.1) is 0 Å². The Hall–Kier alpha value is -1.75. The molecule has 1 heterocycles. The van der Waals surface area contributed by atoms with E-state index in [-0.39, 0.29) is 5.91 Å². The van der Waals surface area contributed by atoms with E-state index in [1.807, 2.05) is 0 Å². The van der Waals surface area contributed by atoms with E-state index in [1.54, 1.807) is 6.07 Å².